The highest BCUT2D eigenvalue weighted by Gasteiger charge is 2.17. The molecule has 0 atom stereocenters. The first-order valence-electron chi connectivity index (χ1n) is 7.68. The van der Waals surface area contributed by atoms with Crippen LogP contribution in [0.2, 0.25) is 5.02 Å². The Kier molecular flexibility index (Phi) is 5.75. The summed E-state index contributed by atoms with van der Waals surface area (Å²) in [6.45, 7) is 5.65. The summed E-state index contributed by atoms with van der Waals surface area (Å²) in [7, 11) is 0. The Hall–Kier alpha value is -1.30. The van der Waals surface area contributed by atoms with Crippen LogP contribution in [0.1, 0.15) is 0 Å². The average Bonchev–Trinajstić information content (AvgIpc) is 2.58. The van der Waals surface area contributed by atoms with Gasteiger partial charge in [0.05, 0.1) is 5.02 Å². The summed E-state index contributed by atoms with van der Waals surface area (Å²) in [6, 6.07) is 11.8. The third-order valence-corrected chi connectivity index (χ3v) is 4.65. The van der Waals surface area contributed by atoms with Crippen LogP contribution in [0.3, 0.4) is 0 Å². The van der Waals surface area contributed by atoms with Crippen molar-refractivity contribution in [3.8, 4) is 5.75 Å². The van der Waals surface area contributed by atoms with Crippen molar-refractivity contribution in [2.75, 3.05) is 44.2 Å². The van der Waals surface area contributed by atoms with Crippen LogP contribution in [-0.4, -0.2) is 49.2 Å². The molecule has 3 rings (SSSR count). The molecule has 1 aromatic carbocycles. The van der Waals surface area contributed by atoms with E-state index in [1.165, 1.54) is 0 Å². The van der Waals surface area contributed by atoms with Crippen LogP contribution < -0.4 is 9.64 Å². The SMILES string of the molecule is Clc1ccc(N2CCN(CCOc3ccc(Br)cc3)CC2)nc1. The molecule has 2 heterocycles. The quantitative estimate of drug-likeness (QED) is 0.770. The minimum absolute atomic E-state index is 0.678. The van der Waals surface area contributed by atoms with Crippen molar-refractivity contribution in [2.45, 2.75) is 0 Å². The Balaban J connectivity index is 1.40. The highest BCUT2D eigenvalue weighted by Crippen LogP contribution is 2.17. The summed E-state index contributed by atoms with van der Waals surface area (Å²) in [5, 5.41) is 0.678. The second-order valence-electron chi connectivity index (χ2n) is 5.47. The van der Waals surface area contributed by atoms with E-state index in [1.54, 1.807) is 6.20 Å². The van der Waals surface area contributed by atoms with E-state index in [1.807, 2.05) is 36.4 Å². The molecule has 23 heavy (non-hydrogen) atoms. The monoisotopic (exact) mass is 395 g/mol. The summed E-state index contributed by atoms with van der Waals surface area (Å²) in [4.78, 5) is 9.10. The third kappa shape index (κ3) is 4.83. The number of ether oxygens (including phenoxy) is 1. The second kappa shape index (κ2) is 7.99. The third-order valence-electron chi connectivity index (χ3n) is 3.90. The van der Waals surface area contributed by atoms with Gasteiger partial charge in [-0.25, -0.2) is 4.98 Å². The van der Waals surface area contributed by atoms with E-state index in [2.05, 4.69) is 30.7 Å². The van der Waals surface area contributed by atoms with Gasteiger partial charge in [0.1, 0.15) is 18.2 Å². The van der Waals surface area contributed by atoms with Crippen molar-refractivity contribution in [3.05, 3.63) is 52.1 Å². The maximum absolute atomic E-state index is 5.88. The molecule has 0 saturated carbocycles. The van der Waals surface area contributed by atoms with Crippen LogP contribution >= 0.6 is 27.5 Å². The second-order valence-corrected chi connectivity index (χ2v) is 6.82. The molecule has 0 bridgehead atoms. The number of hydrogen-bond donors (Lipinski definition) is 0. The van der Waals surface area contributed by atoms with E-state index in [0.717, 1.165) is 48.8 Å². The predicted molar refractivity (Wildman–Crippen MR) is 97.5 cm³/mol. The van der Waals surface area contributed by atoms with Crippen molar-refractivity contribution >= 4 is 33.3 Å². The lowest BCUT2D eigenvalue weighted by Crippen LogP contribution is -2.47. The largest absolute Gasteiger partial charge is 0.492 e. The van der Waals surface area contributed by atoms with Gasteiger partial charge >= 0.3 is 0 Å². The Morgan fingerprint density at radius 2 is 1.78 bits per heavy atom. The number of piperazine rings is 1. The van der Waals surface area contributed by atoms with Gasteiger partial charge in [-0.2, -0.15) is 0 Å². The van der Waals surface area contributed by atoms with Gasteiger partial charge in [0, 0.05) is 43.4 Å². The smallest absolute Gasteiger partial charge is 0.128 e. The van der Waals surface area contributed by atoms with E-state index in [0.29, 0.717) is 11.6 Å². The highest BCUT2D eigenvalue weighted by atomic mass is 79.9. The maximum atomic E-state index is 5.88. The summed E-state index contributed by atoms with van der Waals surface area (Å²) in [6.07, 6.45) is 1.70. The van der Waals surface area contributed by atoms with Gasteiger partial charge in [-0.1, -0.05) is 27.5 Å². The molecule has 1 aliphatic rings. The molecule has 1 aliphatic heterocycles. The standard InChI is InChI=1S/C17H19BrClN3O/c18-14-1-4-16(5-2-14)23-12-11-21-7-9-22(10-8-21)17-6-3-15(19)13-20-17/h1-6,13H,7-12H2. The molecule has 1 fully saturated rings. The van der Waals surface area contributed by atoms with Crippen LogP contribution in [0.25, 0.3) is 0 Å². The Morgan fingerprint density at radius 1 is 1.04 bits per heavy atom. The lowest BCUT2D eigenvalue weighted by Gasteiger charge is -2.35. The van der Waals surface area contributed by atoms with Crippen LogP contribution in [-0.2, 0) is 0 Å². The first kappa shape index (κ1) is 16.6. The van der Waals surface area contributed by atoms with Gasteiger partial charge in [-0.05, 0) is 36.4 Å². The molecule has 0 N–H and O–H groups in total. The molecule has 2 aromatic rings. The fraction of sp³-hybridized carbons (Fsp3) is 0.353. The number of benzene rings is 1. The molecular weight excluding hydrogens is 378 g/mol. The van der Waals surface area contributed by atoms with Crippen molar-refractivity contribution < 1.29 is 4.74 Å². The highest BCUT2D eigenvalue weighted by molar-refractivity contribution is 9.10. The first-order chi connectivity index (χ1) is 11.2. The summed E-state index contributed by atoms with van der Waals surface area (Å²) in [5.74, 6) is 1.91. The van der Waals surface area contributed by atoms with Crippen LogP contribution in [0.4, 0.5) is 5.82 Å². The zero-order chi connectivity index (χ0) is 16.1. The average molecular weight is 397 g/mol. The zero-order valence-electron chi connectivity index (χ0n) is 12.8. The van der Waals surface area contributed by atoms with Gasteiger partial charge < -0.3 is 9.64 Å². The molecule has 1 aromatic heterocycles. The number of nitrogens with zero attached hydrogens (tertiary/aromatic N) is 3. The number of halogens is 2. The molecule has 0 amide bonds. The lowest BCUT2D eigenvalue weighted by molar-refractivity contribution is 0.200. The Labute approximate surface area is 150 Å². The lowest BCUT2D eigenvalue weighted by atomic mass is 10.3. The van der Waals surface area contributed by atoms with Crippen molar-refractivity contribution in [2.24, 2.45) is 0 Å². The number of rotatable bonds is 5. The molecule has 0 unspecified atom stereocenters. The summed E-state index contributed by atoms with van der Waals surface area (Å²) in [5.41, 5.74) is 0. The van der Waals surface area contributed by atoms with Gasteiger partial charge in [0.15, 0.2) is 0 Å². The fourth-order valence-electron chi connectivity index (χ4n) is 2.58. The van der Waals surface area contributed by atoms with Gasteiger partial charge in [0.25, 0.3) is 0 Å². The van der Waals surface area contributed by atoms with Gasteiger partial charge in [-0.15, -0.1) is 0 Å². The van der Waals surface area contributed by atoms with E-state index < -0.39 is 0 Å². The summed E-state index contributed by atoms with van der Waals surface area (Å²) < 4.78 is 6.85. The minimum atomic E-state index is 0.678. The maximum Gasteiger partial charge on any atom is 0.128 e. The number of aromatic nitrogens is 1. The molecule has 1 saturated heterocycles. The normalized spacial score (nSPS) is 15.7. The van der Waals surface area contributed by atoms with Crippen LogP contribution in [0.15, 0.2) is 47.1 Å². The number of pyridine rings is 1. The van der Waals surface area contributed by atoms with Gasteiger partial charge in [0.2, 0.25) is 0 Å². The number of hydrogen-bond acceptors (Lipinski definition) is 4. The van der Waals surface area contributed by atoms with Crippen molar-refractivity contribution in [3.63, 3.8) is 0 Å². The molecule has 4 nitrogen and oxygen atoms in total. The van der Waals surface area contributed by atoms with E-state index >= 15 is 0 Å². The van der Waals surface area contributed by atoms with Crippen molar-refractivity contribution in [1.82, 2.24) is 9.88 Å². The van der Waals surface area contributed by atoms with Crippen LogP contribution in [0.5, 0.6) is 5.75 Å². The Bertz CT molecular complexity index is 610. The van der Waals surface area contributed by atoms with E-state index in [9.17, 15) is 0 Å². The molecule has 0 spiro atoms. The number of anilines is 1. The predicted octanol–water partition coefficient (Wildman–Crippen LogP) is 3.70. The van der Waals surface area contributed by atoms with E-state index in [-0.39, 0.29) is 0 Å². The Morgan fingerprint density at radius 3 is 2.43 bits per heavy atom. The molecule has 0 aliphatic carbocycles. The van der Waals surface area contributed by atoms with Gasteiger partial charge in [-0.3, -0.25) is 4.90 Å². The zero-order valence-corrected chi connectivity index (χ0v) is 15.1. The topological polar surface area (TPSA) is 28.6 Å². The van der Waals surface area contributed by atoms with Crippen LogP contribution in [0, 0.1) is 0 Å². The molecular formula is C17H19BrClN3O. The fourth-order valence-corrected chi connectivity index (χ4v) is 2.96. The van der Waals surface area contributed by atoms with Crippen molar-refractivity contribution in [1.29, 1.82) is 0 Å². The molecule has 0 radical (unpaired) electrons. The molecule has 6 heteroatoms. The first-order valence-corrected chi connectivity index (χ1v) is 8.85. The molecule has 122 valence electrons. The summed E-state index contributed by atoms with van der Waals surface area (Å²) >= 11 is 9.31. The van der Waals surface area contributed by atoms with E-state index in [4.69, 9.17) is 16.3 Å². The minimum Gasteiger partial charge on any atom is -0.492 e.